The van der Waals surface area contributed by atoms with Crippen LogP contribution in [0.4, 0.5) is 8.78 Å². The monoisotopic (exact) mass is 330 g/mol. The lowest BCUT2D eigenvalue weighted by atomic mass is 10.0. The minimum Gasteiger partial charge on any atom is -0.503 e. The molecule has 0 saturated carbocycles. The van der Waals surface area contributed by atoms with Crippen LogP contribution in [0.5, 0.6) is 5.75 Å². The van der Waals surface area contributed by atoms with Gasteiger partial charge in [0, 0.05) is 30.7 Å². The molecule has 3 rings (SSSR count). The van der Waals surface area contributed by atoms with Gasteiger partial charge in [-0.15, -0.1) is 0 Å². The van der Waals surface area contributed by atoms with E-state index in [0.717, 1.165) is 25.0 Å². The molecule has 1 aromatic carbocycles. The van der Waals surface area contributed by atoms with Crippen molar-refractivity contribution in [3.8, 4) is 16.9 Å². The summed E-state index contributed by atoms with van der Waals surface area (Å²) in [6, 6.07) is 3.75. The SMILES string of the molecule is CCCCn1cc(-c2cc(F)c(O)c(F)c2)c2ccncc2c1=O. The smallest absolute Gasteiger partial charge is 0.260 e. The second-order valence-electron chi connectivity index (χ2n) is 5.60. The van der Waals surface area contributed by atoms with Crippen LogP contribution < -0.4 is 5.56 Å². The number of aromatic hydroxyl groups is 1. The number of phenolic OH excluding ortho intramolecular Hbond substituents is 1. The molecule has 2 heterocycles. The summed E-state index contributed by atoms with van der Waals surface area (Å²) in [4.78, 5) is 16.5. The molecule has 4 nitrogen and oxygen atoms in total. The highest BCUT2D eigenvalue weighted by atomic mass is 19.1. The molecular formula is C18H16F2N2O2. The lowest BCUT2D eigenvalue weighted by Gasteiger charge is -2.13. The lowest BCUT2D eigenvalue weighted by molar-refractivity contribution is 0.396. The maximum Gasteiger partial charge on any atom is 0.260 e. The van der Waals surface area contributed by atoms with Gasteiger partial charge in [-0.25, -0.2) is 8.78 Å². The van der Waals surface area contributed by atoms with E-state index in [4.69, 9.17) is 0 Å². The first kappa shape index (κ1) is 16.1. The molecule has 0 radical (unpaired) electrons. The Bertz CT molecular complexity index is 944. The van der Waals surface area contributed by atoms with Gasteiger partial charge >= 0.3 is 0 Å². The number of fused-ring (bicyclic) bond motifs is 1. The number of unbranched alkanes of at least 4 members (excludes halogenated alkanes) is 1. The number of hydrogen-bond acceptors (Lipinski definition) is 3. The molecule has 0 unspecified atom stereocenters. The second kappa shape index (κ2) is 6.39. The fourth-order valence-electron chi connectivity index (χ4n) is 2.68. The predicted molar refractivity (Wildman–Crippen MR) is 87.9 cm³/mol. The molecule has 24 heavy (non-hydrogen) atoms. The van der Waals surface area contributed by atoms with E-state index in [1.165, 1.54) is 17.0 Å². The van der Waals surface area contributed by atoms with Gasteiger partial charge in [0.15, 0.2) is 17.4 Å². The van der Waals surface area contributed by atoms with Gasteiger partial charge in [-0.1, -0.05) is 13.3 Å². The van der Waals surface area contributed by atoms with Gasteiger partial charge < -0.3 is 9.67 Å². The summed E-state index contributed by atoms with van der Waals surface area (Å²) in [5.41, 5.74) is 0.583. The molecule has 0 atom stereocenters. The first-order valence-corrected chi connectivity index (χ1v) is 7.68. The van der Waals surface area contributed by atoms with Crippen LogP contribution in [0.15, 0.2) is 41.6 Å². The van der Waals surface area contributed by atoms with Crippen LogP contribution in [0.2, 0.25) is 0 Å². The van der Waals surface area contributed by atoms with E-state index in [-0.39, 0.29) is 11.1 Å². The van der Waals surface area contributed by atoms with E-state index in [0.29, 0.717) is 22.9 Å². The summed E-state index contributed by atoms with van der Waals surface area (Å²) in [5, 5.41) is 10.2. The number of benzene rings is 1. The molecule has 0 aliphatic carbocycles. The zero-order valence-electron chi connectivity index (χ0n) is 13.1. The first-order chi connectivity index (χ1) is 11.5. The van der Waals surface area contributed by atoms with E-state index in [1.54, 1.807) is 12.3 Å². The molecule has 3 aromatic rings. The van der Waals surface area contributed by atoms with Crippen molar-refractivity contribution < 1.29 is 13.9 Å². The van der Waals surface area contributed by atoms with E-state index in [2.05, 4.69) is 4.98 Å². The van der Waals surface area contributed by atoms with Crippen molar-refractivity contribution >= 4 is 10.8 Å². The molecule has 0 aliphatic rings. The van der Waals surface area contributed by atoms with Gasteiger partial charge in [-0.2, -0.15) is 0 Å². The molecular weight excluding hydrogens is 314 g/mol. The third-order valence-corrected chi connectivity index (χ3v) is 3.97. The molecule has 0 saturated heterocycles. The number of aryl methyl sites for hydroxylation is 1. The van der Waals surface area contributed by atoms with Crippen molar-refractivity contribution in [3.05, 3.63) is 58.8 Å². The minimum atomic E-state index is -1.04. The van der Waals surface area contributed by atoms with Crippen molar-refractivity contribution in [3.63, 3.8) is 0 Å². The summed E-state index contributed by atoms with van der Waals surface area (Å²) < 4.78 is 29.0. The zero-order valence-corrected chi connectivity index (χ0v) is 13.1. The number of aromatic nitrogens is 2. The molecule has 0 fully saturated rings. The standard InChI is InChI=1S/C18H16F2N2O2/c1-2-3-6-22-10-14(11-7-15(19)17(23)16(20)8-11)12-4-5-21-9-13(12)18(22)24/h4-5,7-10,23H,2-3,6H2,1H3. The van der Waals surface area contributed by atoms with Gasteiger partial charge in [-0.3, -0.25) is 9.78 Å². The number of phenols is 1. The predicted octanol–water partition coefficient (Wildman–Crippen LogP) is 3.85. The van der Waals surface area contributed by atoms with Crippen molar-refractivity contribution in [2.24, 2.45) is 0 Å². The quantitative estimate of drug-likeness (QED) is 0.790. The molecule has 6 heteroatoms. The van der Waals surface area contributed by atoms with Crippen LogP contribution in [0, 0.1) is 11.6 Å². The normalized spacial score (nSPS) is 11.1. The number of nitrogens with zero attached hydrogens (tertiary/aromatic N) is 2. The topological polar surface area (TPSA) is 55.1 Å². The second-order valence-corrected chi connectivity index (χ2v) is 5.60. The van der Waals surface area contributed by atoms with Crippen LogP contribution in [-0.2, 0) is 6.54 Å². The van der Waals surface area contributed by atoms with Crippen molar-refractivity contribution in [2.75, 3.05) is 0 Å². The lowest BCUT2D eigenvalue weighted by Crippen LogP contribution is -2.20. The third-order valence-electron chi connectivity index (χ3n) is 3.97. The maximum atomic E-state index is 13.7. The van der Waals surface area contributed by atoms with Crippen molar-refractivity contribution in [2.45, 2.75) is 26.3 Å². The molecule has 0 bridgehead atoms. The zero-order chi connectivity index (χ0) is 17.3. The molecule has 1 N–H and O–H groups in total. The van der Waals surface area contributed by atoms with Crippen LogP contribution in [0.25, 0.3) is 21.9 Å². The van der Waals surface area contributed by atoms with E-state index in [1.807, 2.05) is 6.92 Å². The highest BCUT2D eigenvalue weighted by Gasteiger charge is 2.15. The van der Waals surface area contributed by atoms with Crippen LogP contribution in [0.3, 0.4) is 0 Å². The number of pyridine rings is 2. The highest BCUT2D eigenvalue weighted by molar-refractivity contribution is 5.95. The van der Waals surface area contributed by atoms with Gasteiger partial charge in [-0.05, 0) is 35.6 Å². The Hall–Kier alpha value is -2.76. The number of halogens is 2. The number of rotatable bonds is 4. The Morgan fingerprint density at radius 3 is 2.58 bits per heavy atom. The van der Waals surface area contributed by atoms with Gasteiger partial charge in [0.25, 0.3) is 5.56 Å². The molecule has 0 aliphatic heterocycles. The van der Waals surface area contributed by atoms with Crippen LogP contribution in [-0.4, -0.2) is 14.7 Å². The Kier molecular flexibility index (Phi) is 4.29. The molecule has 0 amide bonds. The molecule has 0 spiro atoms. The number of hydrogen-bond donors (Lipinski definition) is 1. The van der Waals surface area contributed by atoms with Crippen LogP contribution in [0.1, 0.15) is 19.8 Å². The minimum absolute atomic E-state index is 0.185. The summed E-state index contributed by atoms with van der Waals surface area (Å²) in [6.45, 7) is 2.52. The summed E-state index contributed by atoms with van der Waals surface area (Å²) in [5.74, 6) is -3.10. The average Bonchev–Trinajstić information content (AvgIpc) is 2.59. The van der Waals surface area contributed by atoms with Crippen molar-refractivity contribution in [1.82, 2.24) is 9.55 Å². The highest BCUT2D eigenvalue weighted by Crippen LogP contribution is 2.31. The summed E-state index contributed by atoms with van der Waals surface area (Å²) in [7, 11) is 0. The van der Waals surface area contributed by atoms with Gasteiger partial charge in [0.05, 0.1) is 5.39 Å². The van der Waals surface area contributed by atoms with E-state index in [9.17, 15) is 18.7 Å². The Morgan fingerprint density at radius 2 is 1.92 bits per heavy atom. The van der Waals surface area contributed by atoms with Crippen LogP contribution >= 0.6 is 0 Å². The third kappa shape index (κ3) is 2.75. The van der Waals surface area contributed by atoms with Gasteiger partial charge in [0.1, 0.15) is 0 Å². The first-order valence-electron chi connectivity index (χ1n) is 7.68. The average molecular weight is 330 g/mol. The summed E-state index contributed by atoms with van der Waals surface area (Å²) in [6.07, 6.45) is 6.30. The Morgan fingerprint density at radius 1 is 1.21 bits per heavy atom. The maximum absolute atomic E-state index is 13.7. The summed E-state index contributed by atoms with van der Waals surface area (Å²) >= 11 is 0. The fraction of sp³-hybridized carbons (Fsp3) is 0.222. The van der Waals surface area contributed by atoms with Crippen molar-refractivity contribution in [1.29, 1.82) is 0 Å². The fourth-order valence-corrected chi connectivity index (χ4v) is 2.68. The Labute approximate surface area is 137 Å². The molecule has 2 aromatic heterocycles. The van der Waals surface area contributed by atoms with E-state index >= 15 is 0 Å². The largest absolute Gasteiger partial charge is 0.503 e. The van der Waals surface area contributed by atoms with Gasteiger partial charge in [0.2, 0.25) is 0 Å². The van der Waals surface area contributed by atoms with E-state index < -0.39 is 17.4 Å². The molecule has 124 valence electrons. The Balaban J connectivity index is 2.31.